The molecule has 0 amide bonds. The van der Waals surface area contributed by atoms with Crippen molar-refractivity contribution in [2.75, 3.05) is 13.7 Å². The van der Waals surface area contributed by atoms with Crippen molar-refractivity contribution < 1.29 is 9.47 Å². The van der Waals surface area contributed by atoms with Gasteiger partial charge >= 0.3 is 0 Å². The summed E-state index contributed by atoms with van der Waals surface area (Å²) in [6.45, 7) is 4.61. The number of rotatable bonds is 6. The van der Waals surface area contributed by atoms with Crippen molar-refractivity contribution in [1.29, 1.82) is 0 Å². The van der Waals surface area contributed by atoms with Gasteiger partial charge in [-0.1, -0.05) is 6.07 Å². The van der Waals surface area contributed by atoms with Crippen LogP contribution in [-0.2, 0) is 11.2 Å². The summed E-state index contributed by atoms with van der Waals surface area (Å²) in [5, 5.41) is 0. The summed E-state index contributed by atoms with van der Waals surface area (Å²) in [4.78, 5) is 0. The van der Waals surface area contributed by atoms with Crippen LogP contribution in [0.2, 0.25) is 0 Å². The van der Waals surface area contributed by atoms with Crippen LogP contribution in [0.3, 0.4) is 0 Å². The highest BCUT2D eigenvalue weighted by molar-refractivity contribution is 9.10. The molecule has 0 heterocycles. The summed E-state index contributed by atoms with van der Waals surface area (Å²) in [5.41, 5.74) is 7.18. The molecular formula is C13H20BrNO2. The largest absolute Gasteiger partial charge is 0.496 e. The molecule has 0 spiro atoms. The summed E-state index contributed by atoms with van der Waals surface area (Å²) in [7, 11) is 1.65. The SMILES string of the molecule is COc1ccc(CC(N)COC(C)C)cc1Br. The van der Waals surface area contributed by atoms with E-state index < -0.39 is 0 Å². The van der Waals surface area contributed by atoms with Gasteiger partial charge in [-0.3, -0.25) is 0 Å². The molecular weight excluding hydrogens is 282 g/mol. The lowest BCUT2D eigenvalue weighted by molar-refractivity contribution is 0.0684. The molecule has 1 unspecified atom stereocenters. The molecule has 96 valence electrons. The molecule has 3 nitrogen and oxygen atoms in total. The second-order valence-electron chi connectivity index (χ2n) is 4.32. The minimum absolute atomic E-state index is 0.0256. The molecule has 0 aliphatic rings. The average molecular weight is 302 g/mol. The zero-order valence-corrected chi connectivity index (χ0v) is 12.2. The van der Waals surface area contributed by atoms with Crippen LogP contribution in [-0.4, -0.2) is 25.9 Å². The number of nitrogens with two attached hydrogens (primary N) is 1. The predicted molar refractivity (Wildman–Crippen MR) is 73.5 cm³/mol. The van der Waals surface area contributed by atoms with E-state index in [-0.39, 0.29) is 12.1 Å². The first-order valence-corrected chi connectivity index (χ1v) is 6.51. The van der Waals surface area contributed by atoms with Crippen LogP contribution in [0.4, 0.5) is 0 Å². The predicted octanol–water partition coefficient (Wildman–Crippen LogP) is 2.75. The summed E-state index contributed by atoms with van der Waals surface area (Å²) in [6, 6.07) is 6.03. The van der Waals surface area contributed by atoms with Crippen molar-refractivity contribution in [3.63, 3.8) is 0 Å². The number of methoxy groups -OCH3 is 1. The van der Waals surface area contributed by atoms with Gasteiger partial charge < -0.3 is 15.2 Å². The Balaban J connectivity index is 2.53. The molecule has 4 heteroatoms. The highest BCUT2D eigenvalue weighted by Crippen LogP contribution is 2.25. The summed E-state index contributed by atoms with van der Waals surface area (Å²) >= 11 is 3.46. The maximum atomic E-state index is 6.00. The van der Waals surface area contributed by atoms with Crippen LogP contribution in [0.5, 0.6) is 5.75 Å². The quantitative estimate of drug-likeness (QED) is 0.879. The normalized spacial score (nSPS) is 12.8. The van der Waals surface area contributed by atoms with Crippen LogP contribution < -0.4 is 10.5 Å². The van der Waals surface area contributed by atoms with Crippen LogP contribution in [0.1, 0.15) is 19.4 Å². The van der Waals surface area contributed by atoms with Gasteiger partial charge in [0, 0.05) is 6.04 Å². The van der Waals surface area contributed by atoms with Gasteiger partial charge in [-0.05, 0) is 53.9 Å². The first-order chi connectivity index (χ1) is 8.02. The minimum atomic E-state index is 0.0256. The van der Waals surface area contributed by atoms with E-state index >= 15 is 0 Å². The number of hydrogen-bond donors (Lipinski definition) is 1. The minimum Gasteiger partial charge on any atom is -0.496 e. The van der Waals surface area contributed by atoms with Gasteiger partial charge in [0.25, 0.3) is 0 Å². The van der Waals surface area contributed by atoms with Gasteiger partial charge in [-0.2, -0.15) is 0 Å². The Morgan fingerprint density at radius 1 is 1.35 bits per heavy atom. The molecule has 1 aromatic carbocycles. The maximum Gasteiger partial charge on any atom is 0.133 e. The first kappa shape index (κ1) is 14.5. The fraction of sp³-hybridized carbons (Fsp3) is 0.538. The van der Waals surface area contributed by atoms with E-state index in [9.17, 15) is 0 Å². The molecule has 0 radical (unpaired) electrons. The van der Waals surface area contributed by atoms with E-state index in [0.29, 0.717) is 6.61 Å². The topological polar surface area (TPSA) is 44.5 Å². The number of benzene rings is 1. The molecule has 1 rings (SSSR count). The Labute approximate surface area is 111 Å². The zero-order valence-electron chi connectivity index (χ0n) is 10.6. The monoisotopic (exact) mass is 301 g/mol. The van der Waals surface area contributed by atoms with E-state index in [1.165, 1.54) is 5.56 Å². The molecule has 17 heavy (non-hydrogen) atoms. The third-order valence-corrected chi connectivity index (χ3v) is 2.98. The van der Waals surface area contributed by atoms with Crippen molar-refractivity contribution in [1.82, 2.24) is 0 Å². The third kappa shape index (κ3) is 5.06. The van der Waals surface area contributed by atoms with Gasteiger partial charge in [-0.15, -0.1) is 0 Å². The van der Waals surface area contributed by atoms with Crippen molar-refractivity contribution in [2.45, 2.75) is 32.4 Å². The molecule has 0 aromatic heterocycles. The lowest BCUT2D eigenvalue weighted by atomic mass is 10.1. The Bertz CT molecular complexity index is 355. The fourth-order valence-electron chi connectivity index (χ4n) is 1.51. The standard InChI is InChI=1S/C13H20BrNO2/c1-9(2)17-8-11(15)6-10-4-5-13(16-3)12(14)7-10/h4-5,7,9,11H,6,8,15H2,1-3H3. The van der Waals surface area contributed by atoms with Crippen molar-refractivity contribution in [3.05, 3.63) is 28.2 Å². The van der Waals surface area contributed by atoms with Crippen LogP contribution >= 0.6 is 15.9 Å². The summed E-state index contributed by atoms with van der Waals surface area (Å²) < 4.78 is 11.6. The van der Waals surface area contributed by atoms with Gasteiger partial charge in [0.15, 0.2) is 0 Å². The second-order valence-corrected chi connectivity index (χ2v) is 5.17. The molecule has 1 aromatic rings. The Kier molecular flexibility index (Phi) is 5.95. The summed E-state index contributed by atoms with van der Waals surface area (Å²) in [6.07, 6.45) is 1.03. The Morgan fingerprint density at radius 3 is 2.59 bits per heavy atom. The van der Waals surface area contributed by atoms with Crippen LogP contribution in [0.15, 0.2) is 22.7 Å². The smallest absolute Gasteiger partial charge is 0.133 e. The lowest BCUT2D eigenvalue weighted by Gasteiger charge is -2.15. The third-order valence-electron chi connectivity index (χ3n) is 2.36. The Hall–Kier alpha value is -0.580. The van der Waals surface area contributed by atoms with Crippen molar-refractivity contribution in [3.8, 4) is 5.75 Å². The zero-order chi connectivity index (χ0) is 12.8. The van der Waals surface area contributed by atoms with Gasteiger partial charge in [0.05, 0.1) is 24.3 Å². The molecule has 0 saturated heterocycles. The van der Waals surface area contributed by atoms with Gasteiger partial charge in [0.2, 0.25) is 0 Å². The first-order valence-electron chi connectivity index (χ1n) is 5.72. The fourth-order valence-corrected chi connectivity index (χ4v) is 2.10. The van der Waals surface area contributed by atoms with E-state index in [0.717, 1.165) is 16.6 Å². The van der Waals surface area contributed by atoms with Crippen LogP contribution in [0.25, 0.3) is 0 Å². The maximum absolute atomic E-state index is 6.00. The molecule has 0 saturated carbocycles. The molecule has 1 atom stereocenters. The van der Waals surface area contributed by atoms with Gasteiger partial charge in [-0.25, -0.2) is 0 Å². The molecule has 0 bridgehead atoms. The summed E-state index contributed by atoms with van der Waals surface area (Å²) in [5.74, 6) is 0.834. The highest BCUT2D eigenvalue weighted by Gasteiger charge is 2.07. The molecule has 0 aliphatic carbocycles. The second kappa shape index (κ2) is 6.99. The number of ether oxygens (including phenoxy) is 2. The van der Waals surface area contributed by atoms with E-state index in [2.05, 4.69) is 15.9 Å². The molecule has 2 N–H and O–H groups in total. The van der Waals surface area contributed by atoms with E-state index in [1.807, 2.05) is 32.0 Å². The van der Waals surface area contributed by atoms with Crippen molar-refractivity contribution in [2.24, 2.45) is 5.73 Å². The number of halogens is 1. The molecule has 0 aliphatic heterocycles. The molecule has 0 fully saturated rings. The lowest BCUT2D eigenvalue weighted by Crippen LogP contribution is -2.30. The highest BCUT2D eigenvalue weighted by atomic mass is 79.9. The van der Waals surface area contributed by atoms with Crippen LogP contribution in [0, 0.1) is 0 Å². The van der Waals surface area contributed by atoms with E-state index in [4.69, 9.17) is 15.2 Å². The van der Waals surface area contributed by atoms with Gasteiger partial charge in [0.1, 0.15) is 5.75 Å². The Morgan fingerprint density at radius 2 is 2.06 bits per heavy atom. The van der Waals surface area contributed by atoms with Crippen molar-refractivity contribution >= 4 is 15.9 Å². The van der Waals surface area contributed by atoms with E-state index in [1.54, 1.807) is 7.11 Å². The average Bonchev–Trinajstić information content (AvgIpc) is 2.26. The number of hydrogen-bond acceptors (Lipinski definition) is 3.